The van der Waals surface area contributed by atoms with Gasteiger partial charge in [-0.1, -0.05) is 35.5 Å². The topological polar surface area (TPSA) is 111 Å². The number of pyridine rings is 1. The summed E-state index contributed by atoms with van der Waals surface area (Å²) < 4.78 is 7.14. The fourth-order valence-corrected chi connectivity index (χ4v) is 4.57. The van der Waals surface area contributed by atoms with Crippen LogP contribution in [0.4, 0.5) is 5.69 Å². The summed E-state index contributed by atoms with van der Waals surface area (Å²) >= 11 is 0. The Hall–Kier alpha value is -4.11. The van der Waals surface area contributed by atoms with Crippen LogP contribution in [0.25, 0.3) is 10.8 Å². The maximum Gasteiger partial charge on any atom is 0.272 e. The Morgan fingerprint density at radius 1 is 0.972 bits per heavy atom. The molecule has 9 nitrogen and oxygen atoms in total. The van der Waals surface area contributed by atoms with Gasteiger partial charge in [-0.3, -0.25) is 9.59 Å². The minimum Gasteiger partial charge on any atom is -0.381 e. The van der Waals surface area contributed by atoms with Gasteiger partial charge in [-0.05, 0) is 59.7 Å². The molecule has 2 amide bonds. The van der Waals surface area contributed by atoms with Gasteiger partial charge in [0.1, 0.15) is 0 Å². The van der Waals surface area contributed by atoms with Gasteiger partial charge in [-0.15, -0.1) is 5.10 Å². The van der Waals surface area contributed by atoms with E-state index in [1.54, 1.807) is 41.5 Å². The second-order valence-corrected chi connectivity index (χ2v) is 8.87. The van der Waals surface area contributed by atoms with E-state index >= 15 is 0 Å². The van der Waals surface area contributed by atoms with Crippen molar-refractivity contribution in [3.8, 4) is 0 Å². The number of aromatic nitrogens is 4. The molecule has 2 aromatic carbocycles. The largest absolute Gasteiger partial charge is 0.381 e. The highest BCUT2D eigenvalue weighted by Gasteiger charge is 2.19. The SMILES string of the molecule is O=C(NCCC1CCOCC1)c1ncccc1NC(=O)c1ccc(Cn2ccnn2)c2ccccc12. The number of amides is 2. The average molecular weight is 485 g/mol. The minimum atomic E-state index is -0.303. The van der Waals surface area contributed by atoms with E-state index in [2.05, 4.69) is 25.9 Å². The second kappa shape index (κ2) is 11.1. The van der Waals surface area contributed by atoms with Crippen LogP contribution in [0.15, 0.2) is 67.1 Å². The number of carbonyl (C=O) groups is 2. The molecule has 3 heterocycles. The van der Waals surface area contributed by atoms with E-state index in [1.807, 2.05) is 30.3 Å². The average Bonchev–Trinajstić information content (AvgIpc) is 3.43. The van der Waals surface area contributed by atoms with Gasteiger partial charge in [-0.25, -0.2) is 9.67 Å². The van der Waals surface area contributed by atoms with E-state index < -0.39 is 0 Å². The second-order valence-electron chi connectivity index (χ2n) is 8.87. The molecule has 1 fully saturated rings. The van der Waals surface area contributed by atoms with Crippen molar-refractivity contribution >= 4 is 28.3 Å². The monoisotopic (exact) mass is 484 g/mol. The molecule has 0 aliphatic carbocycles. The molecule has 36 heavy (non-hydrogen) atoms. The van der Waals surface area contributed by atoms with Gasteiger partial charge in [0.15, 0.2) is 5.69 Å². The van der Waals surface area contributed by atoms with Crippen LogP contribution in [-0.4, -0.2) is 51.6 Å². The lowest BCUT2D eigenvalue weighted by atomic mass is 9.97. The van der Waals surface area contributed by atoms with Crippen LogP contribution in [-0.2, 0) is 11.3 Å². The van der Waals surface area contributed by atoms with Gasteiger partial charge in [0.2, 0.25) is 0 Å². The number of hydrogen-bond acceptors (Lipinski definition) is 6. The Morgan fingerprint density at radius 3 is 2.61 bits per heavy atom. The van der Waals surface area contributed by atoms with Crippen LogP contribution in [0.2, 0.25) is 0 Å². The summed E-state index contributed by atoms with van der Waals surface area (Å²) in [6, 6.07) is 14.9. The fourth-order valence-electron chi connectivity index (χ4n) is 4.57. The summed E-state index contributed by atoms with van der Waals surface area (Å²) in [5.74, 6) is -0.0449. The molecular formula is C27H28N6O3. The van der Waals surface area contributed by atoms with Crippen molar-refractivity contribution in [3.63, 3.8) is 0 Å². The predicted octanol–water partition coefficient (Wildman–Crippen LogP) is 3.67. The summed E-state index contributed by atoms with van der Waals surface area (Å²) in [6.07, 6.45) is 7.93. The number of nitrogens with zero attached hydrogens (tertiary/aromatic N) is 4. The molecule has 0 radical (unpaired) electrons. The number of fused-ring (bicyclic) bond motifs is 1. The van der Waals surface area contributed by atoms with Crippen LogP contribution in [0.5, 0.6) is 0 Å². The zero-order chi connectivity index (χ0) is 24.7. The number of rotatable bonds is 8. The van der Waals surface area contributed by atoms with Crippen LogP contribution in [0.1, 0.15) is 45.7 Å². The Balaban J connectivity index is 1.31. The Kier molecular flexibility index (Phi) is 7.28. The summed E-state index contributed by atoms with van der Waals surface area (Å²) in [5, 5.41) is 15.5. The van der Waals surface area contributed by atoms with Gasteiger partial charge in [0, 0.05) is 37.7 Å². The minimum absolute atomic E-state index is 0.199. The summed E-state index contributed by atoms with van der Waals surface area (Å²) in [4.78, 5) is 30.5. The molecule has 1 aliphatic rings. The van der Waals surface area contributed by atoms with E-state index in [0.29, 0.717) is 30.3 Å². The maximum atomic E-state index is 13.3. The molecule has 1 aliphatic heterocycles. The lowest BCUT2D eigenvalue weighted by Crippen LogP contribution is -2.29. The van der Waals surface area contributed by atoms with E-state index in [-0.39, 0.29) is 17.5 Å². The van der Waals surface area contributed by atoms with Crippen LogP contribution >= 0.6 is 0 Å². The summed E-state index contributed by atoms with van der Waals surface area (Å²) in [6.45, 7) is 2.67. The zero-order valence-electron chi connectivity index (χ0n) is 19.9. The molecule has 1 saturated heterocycles. The van der Waals surface area contributed by atoms with Crippen LogP contribution < -0.4 is 10.6 Å². The van der Waals surface area contributed by atoms with Gasteiger partial charge < -0.3 is 15.4 Å². The smallest absolute Gasteiger partial charge is 0.272 e. The molecule has 0 spiro atoms. The summed E-state index contributed by atoms with van der Waals surface area (Å²) in [7, 11) is 0. The molecular weight excluding hydrogens is 456 g/mol. The van der Waals surface area contributed by atoms with Gasteiger partial charge in [0.25, 0.3) is 11.8 Å². The molecule has 0 bridgehead atoms. The maximum absolute atomic E-state index is 13.3. The van der Waals surface area contributed by atoms with Crippen molar-refractivity contribution in [1.29, 1.82) is 0 Å². The highest BCUT2D eigenvalue weighted by Crippen LogP contribution is 2.25. The third kappa shape index (κ3) is 5.41. The molecule has 2 N–H and O–H groups in total. The zero-order valence-corrected chi connectivity index (χ0v) is 19.9. The van der Waals surface area contributed by atoms with Crippen LogP contribution in [0.3, 0.4) is 0 Å². The highest BCUT2D eigenvalue weighted by atomic mass is 16.5. The number of hydrogen-bond donors (Lipinski definition) is 2. The lowest BCUT2D eigenvalue weighted by Gasteiger charge is -2.21. The van der Waals surface area contributed by atoms with E-state index in [0.717, 1.165) is 48.8 Å². The number of carbonyl (C=O) groups excluding carboxylic acids is 2. The third-order valence-corrected chi connectivity index (χ3v) is 6.51. The van der Waals surface area contributed by atoms with Gasteiger partial charge in [0.05, 0.1) is 18.4 Å². The first-order valence-corrected chi connectivity index (χ1v) is 12.2. The lowest BCUT2D eigenvalue weighted by molar-refractivity contribution is 0.0636. The first-order chi connectivity index (χ1) is 17.7. The Labute approximate surface area is 208 Å². The van der Waals surface area contributed by atoms with Crippen molar-refractivity contribution < 1.29 is 14.3 Å². The summed E-state index contributed by atoms with van der Waals surface area (Å²) in [5.41, 5.74) is 2.12. The van der Waals surface area contributed by atoms with Gasteiger partial charge in [-0.2, -0.15) is 0 Å². The quantitative estimate of drug-likeness (QED) is 0.395. The number of anilines is 1. The number of benzene rings is 2. The molecule has 4 aromatic rings. The van der Waals surface area contributed by atoms with Crippen LogP contribution in [0, 0.1) is 5.92 Å². The van der Waals surface area contributed by atoms with Crippen molar-refractivity contribution in [2.24, 2.45) is 5.92 Å². The van der Waals surface area contributed by atoms with Gasteiger partial charge >= 0.3 is 0 Å². The normalized spacial score (nSPS) is 14.0. The van der Waals surface area contributed by atoms with E-state index in [9.17, 15) is 9.59 Å². The standard InChI is InChI=1S/C27H28N6O3/c34-26(23-8-7-20(18-33-15-14-30-32-33)21-4-1-2-5-22(21)23)31-24-6-3-12-28-25(24)27(35)29-13-9-19-10-16-36-17-11-19/h1-8,12,14-15,19H,9-11,13,16-18H2,(H,29,35)(H,31,34). The van der Waals surface area contributed by atoms with E-state index in [4.69, 9.17) is 4.74 Å². The predicted molar refractivity (Wildman–Crippen MR) is 136 cm³/mol. The third-order valence-electron chi connectivity index (χ3n) is 6.51. The van der Waals surface area contributed by atoms with Crippen molar-refractivity contribution in [2.75, 3.05) is 25.1 Å². The van der Waals surface area contributed by atoms with Crippen molar-refractivity contribution in [1.82, 2.24) is 25.3 Å². The first kappa shape index (κ1) is 23.6. The molecule has 5 rings (SSSR count). The first-order valence-electron chi connectivity index (χ1n) is 12.2. The molecule has 184 valence electrons. The molecule has 9 heteroatoms. The van der Waals surface area contributed by atoms with E-state index in [1.165, 1.54) is 0 Å². The Morgan fingerprint density at radius 2 is 1.81 bits per heavy atom. The van der Waals surface area contributed by atoms with Crippen molar-refractivity contribution in [3.05, 3.63) is 83.9 Å². The molecule has 0 atom stereocenters. The number of ether oxygens (including phenoxy) is 1. The number of nitrogens with one attached hydrogen (secondary N) is 2. The van der Waals surface area contributed by atoms with Crippen molar-refractivity contribution in [2.45, 2.75) is 25.8 Å². The Bertz CT molecular complexity index is 1350. The molecule has 2 aromatic heterocycles. The molecule has 0 unspecified atom stereocenters. The highest BCUT2D eigenvalue weighted by molar-refractivity contribution is 6.15. The molecule has 0 saturated carbocycles. The fraction of sp³-hybridized carbons (Fsp3) is 0.296.